The van der Waals surface area contributed by atoms with Crippen molar-refractivity contribution in [2.45, 2.75) is 0 Å². The normalized spacial score (nSPS) is 6.89. The number of benzene rings is 1. The third-order valence-electron chi connectivity index (χ3n) is 0.800. The second-order valence-corrected chi connectivity index (χ2v) is 2.08. The van der Waals surface area contributed by atoms with Crippen molar-refractivity contribution < 1.29 is 9.41 Å². The van der Waals surface area contributed by atoms with Crippen LogP contribution in [0.25, 0.3) is 0 Å². The van der Waals surface area contributed by atoms with Gasteiger partial charge >= 0.3 is 51.0 Å². The van der Waals surface area contributed by atoms with Crippen LogP contribution in [0.15, 0.2) is 30.3 Å². The quantitative estimate of drug-likeness (QED) is 0.317. The molecule has 9 heavy (non-hydrogen) atoms. The standard InChI is InChI=1S/C6H5.Al.2FH/c1-2-4-6-5-3-1;;;/h1-5H;;2*1H/q;+2;;/p-2. The Balaban J connectivity index is 0. The zero-order valence-electron chi connectivity index (χ0n) is 4.72. The molecule has 0 saturated carbocycles. The van der Waals surface area contributed by atoms with Crippen molar-refractivity contribution in [2.24, 2.45) is 0 Å². The van der Waals surface area contributed by atoms with Gasteiger partial charge in [0.15, 0.2) is 0 Å². The van der Waals surface area contributed by atoms with Crippen LogP contribution in [0, 0.1) is 0 Å². The zero-order valence-corrected chi connectivity index (χ0v) is 5.87. The predicted octanol–water partition coefficient (Wildman–Crippen LogP) is -5.51. The first kappa shape index (κ1) is 11.4. The summed E-state index contributed by atoms with van der Waals surface area (Å²) in [5.74, 6) is 0. The van der Waals surface area contributed by atoms with Crippen LogP contribution >= 0.6 is 0 Å². The molecule has 0 aliphatic heterocycles. The Kier molecular flexibility index (Phi) is 7.28. The van der Waals surface area contributed by atoms with Crippen molar-refractivity contribution in [2.75, 3.05) is 0 Å². The summed E-state index contributed by atoms with van der Waals surface area (Å²) in [4.78, 5) is 0. The summed E-state index contributed by atoms with van der Waals surface area (Å²) in [5, 5.41) is 0. The van der Waals surface area contributed by atoms with Gasteiger partial charge in [-0.3, -0.25) is 0 Å². The van der Waals surface area contributed by atoms with Crippen molar-refractivity contribution >= 4 is 20.7 Å². The van der Waals surface area contributed by atoms with Crippen molar-refractivity contribution in [3.63, 3.8) is 0 Å². The molecule has 3 heteroatoms. The Morgan fingerprint density at radius 1 is 0.889 bits per heavy atom. The first-order valence-electron chi connectivity index (χ1n) is 2.20. The smallest absolute Gasteiger partial charge is 1.00 e. The summed E-state index contributed by atoms with van der Waals surface area (Å²) in [5.41, 5.74) is 0. The topological polar surface area (TPSA) is 0 Å². The molecule has 46 valence electrons. The summed E-state index contributed by atoms with van der Waals surface area (Å²) in [6.45, 7) is 0. The van der Waals surface area contributed by atoms with Gasteiger partial charge in [0.05, 0.1) is 0 Å². The molecule has 0 heterocycles. The maximum absolute atomic E-state index is 2.63. The largest absolute Gasteiger partial charge is 1.00 e. The van der Waals surface area contributed by atoms with E-state index < -0.39 is 0 Å². The number of halogens is 2. The molecule has 0 amide bonds. The Morgan fingerprint density at radius 3 is 1.56 bits per heavy atom. The molecule has 0 unspecified atom stereocenters. The van der Waals surface area contributed by atoms with E-state index in [9.17, 15) is 0 Å². The summed E-state index contributed by atoms with van der Waals surface area (Å²) in [7, 11) is 0. The maximum atomic E-state index is 2.63. The third-order valence-corrected chi connectivity index (χ3v) is 1.18. The minimum absolute atomic E-state index is 0. The molecule has 0 radical (unpaired) electrons. The van der Waals surface area contributed by atoms with E-state index in [4.69, 9.17) is 0 Å². The second-order valence-electron chi connectivity index (χ2n) is 1.41. The van der Waals surface area contributed by atoms with E-state index in [2.05, 4.69) is 16.3 Å². The zero-order chi connectivity index (χ0) is 5.11. The first-order chi connectivity index (χ1) is 3.39. The van der Waals surface area contributed by atoms with Gasteiger partial charge in [-0.25, -0.2) is 0 Å². The van der Waals surface area contributed by atoms with E-state index in [1.54, 1.807) is 0 Å². The summed E-state index contributed by atoms with van der Waals surface area (Å²) >= 11 is 2.63. The van der Waals surface area contributed by atoms with E-state index in [1.165, 1.54) is 4.43 Å². The van der Waals surface area contributed by atoms with Gasteiger partial charge in [-0.15, -0.1) is 0 Å². The number of rotatable bonds is 0. The SMILES string of the molecule is [Al+2][c]1ccccc1.[F-].[F-]. The predicted molar refractivity (Wildman–Crippen MR) is 31.8 cm³/mol. The van der Waals surface area contributed by atoms with Gasteiger partial charge in [0.2, 0.25) is 0 Å². The van der Waals surface area contributed by atoms with Crippen LogP contribution in [-0.4, -0.2) is 16.3 Å². The van der Waals surface area contributed by atoms with Crippen LogP contribution in [0.1, 0.15) is 0 Å². The fraction of sp³-hybridized carbons (Fsp3) is 0. The molecule has 0 aliphatic rings. The Hall–Kier alpha value is -0.388. The fourth-order valence-corrected chi connectivity index (χ4v) is 0.675. The van der Waals surface area contributed by atoms with Gasteiger partial charge in [0.1, 0.15) is 0 Å². The first-order valence-corrected chi connectivity index (χ1v) is 2.78. The van der Waals surface area contributed by atoms with Gasteiger partial charge < -0.3 is 9.41 Å². The van der Waals surface area contributed by atoms with Crippen molar-refractivity contribution in [1.29, 1.82) is 0 Å². The molecule has 0 saturated heterocycles. The number of hydrogen-bond donors (Lipinski definition) is 0. The van der Waals surface area contributed by atoms with Gasteiger partial charge in [0.25, 0.3) is 0 Å². The van der Waals surface area contributed by atoms with E-state index >= 15 is 0 Å². The molecule has 0 fully saturated rings. The van der Waals surface area contributed by atoms with Gasteiger partial charge in [-0.05, 0) is 0 Å². The molecule has 0 aliphatic carbocycles. The molecular formula is C6H5AlF2. The average molecular weight is 142 g/mol. The van der Waals surface area contributed by atoms with Crippen LogP contribution in [-0.2, 0) is 0 Å². The molecule has 0 N–H and O–H groups in total. The maximum Gasteiger partial charge on any atom is -1.00 e. The monoisotopic (exact) mass is 142 g/mol. The van der Waals surface area contributed by atoms with Gasteiger partial charge in [-0.1, -0.05) is 0 Å². The van der Waals surface area contributed by atoms with Crippen LogP contribution in [0.3, 0.4) is 0 Å². The van der Waals surface area contributed by atoms with E-state index in [0.29, 0.717) is 0 Å². The molecule has 0 aromatic heterocycles. The van der Waals surface area contributed by atoms with Crippen LogP contribution in [0.5, 0.6) is 0 Å². The van der Waals surface area contributed by atoms with Crippen molar-refractivity contribution in [3.8, 4) is 0 Å². The van der Waals surface area contributed by atoms with Gasteiger partial charge in [0, 0.05) is 0 Å². The van der Waals surface area contributed by atoms with Crippen molar-refractivity contribution in [3.05, 3.63) is 30.3 Å². The molecule has 0 spiro atoms. The molecule has 1 aromatic rings. The molecule has 1 rings (SSSR count). The molecule has 0 atom stereocenters. The van der Waals surface area contributed by atoms with Gasteiger partial charge in [-0.2, -0.15) is 0 Å². The molecule has 1 aromatic carbocycles. The summed E-state index contributed by atoms with van der Waals surface area (Å²) < 4.78 is 1.24. The Labute approximate surface area is 61.1 Å². The van der Waals surface area contributed by atoms with E-state index in [-0.39, 0.29) is 9.41 Å². The van der Waals surface area contributed by atoms with Crippen molar-refractivity contribution in [1.82, 2.24) is 0 Å². The minimum atomic E-state index is 0. The van der Waals surface area contributed by atoms with E-state index in [1.807, 2.05) is 30.3 Å². The summed E-state index contributed by atoms with van der Waals surface area (Å²) in [6.07, 6.45) is 0. The summed E-state index contributed by atoms with van der Waals surface area (Å²) in [6, 6.07) is 10.1. The molecule has 0 nitrogen and oxygen atoms in total. The Morgan fingerprint density at radius 2 is 1.33 bits per heavy atom. The van der Waals surface area contributed by atoms with E-state index in [0.717, 1.165) is 0 Å². The molecular weight excluding hydrogens is 137 g/mol. The van der Waals surface area contributed by atoms with Crippen LogP contribution < -0.4 is 13.8 Å². The van der Waals surface area contributed by atoms with Crippen LogP contribution in [0.2, 0.25) is 0 Å². The average Bonchev–Trinajstić information content (AvgIpc) is 1.69. The number of hydrogen-bond acceptors (Lipinski definition) is 0. The molecule has 0 bridgehead atoms. The minimum Gasteiger partial charge on any atom is -1.00 e. The Bertz CT molecular complexity index is 141. The fourth-order valence-electron chi connectivity index (χ4n) is 0.453. The van der Waals surface area contributed by atoms with Crippen LogP contribution in [0.4, 0.5) is 0 Å². The second kappa shape index (κ2) is 5.74. The third kappa shape index (κ3) is 4.14.